The van der Waals surface area contributed by atoms with Crippen LogP contribution in [0.5, 0.6) is 5.75 Å². The van der Waals surface area contributed by atoms with Crippen molar-refractivity contribution in [2.75, 3.05) is 14.2 Å². The van der Waals surface area contributed by atoms with Crippen LogP contribution in [0.15, 0.2) is 6.07 Å². The molecule has 94 valence electrons. The third-order valence-electron chi connectivity index (χ3n) is 2.05. The van der Waals surface area contributed by atoms with Crippen LogP contribution >= 0.6 is 11.6 Å². The molecule has 1 heterocycles. The van der Waals surface area contributed by atoms with Crippen LogP contribution < -0.4 is 4.74 Å². The highest BCUT2D eigenvalue weighted by atomic mass is 35.5. The molecule has 0 aromatic carbocycles. The number of nitrogens with zero attached hydrogens (tertiary/aromatic N) is 1. The molecule has 0 atom stereocenters. The molecule has 1 aromatic rings. The lowest BCUT2D eigenvalue weighted by atomic mass is 10.1. The fourth-order valence-electron chi connectivity index (χ4n) is 1.23. The van der Waals surface area contributed by atoms with E-state index in [1.54, 1.807) is 0 Å². The molecular weight excluding hydrogens is 256 g/mol. The van der Waals surface area contributed by atoms with Crippen LogP contribution in [0.25, 0.3) is 0 Å². The van der Waals surface area contributed by atoms with Gasteiger partial charge in [0, 0.05) is 0 Å². The van der Waals surface area contributed by atoms with Crippen molar-refractivity contribution in [3.8, 4) is 5.75 Å². The zero-order valence-electron chi connectivity index (χ0n) is 9.17. The first kappa shape index (κ1) is 13.6. The van der Waals surface area contributed by atoms with Crippen molar-refractivity contribution in [1.29, 1.82) is 0 Å². The maximum atomic E-state index is 12.7. The summed E-state index contributed by atoms with van der Waals surface area (Å²) in [5.74, 6) is -0.506. The molecule has 0 saturated heterocycles. The normalized spacial score (nSPS) is 10.5. The minimum atomic E-state index is -2.82. The van der Waals surface area contributed by atoms with Crippen molar-refractivity contribution in [1.82, 2.24) is 4.98 Å². The second kappa shape index (κ2) is 5.77. The minimum absolute atomic E-state index is 0.0353. The number of hydrogen-bond donors (Lipinski definition) is 0. The average Bonchev–Trinajstić information content (AvgIpc) is 2.30. The van der Waals surface area contributed by atoms with E-state index in [4.69, 9.17) is 16.3 Å². The van der Waals surface area contributed by atoms with Gasteiger partial charge in [-0.05, 0) is 11.6 Å². The van der Waals surface area contributed by atoms with E-state index in [1.807, 2.05) is 0 Å². The Morgan fingerprint density at radius 2 is 2.18 bits per heavy atom. The van der Waals surface area contributed by atoms with Gasteiger partial charge < -0.3 is 9.47 Å². The maximum Gasteiger partial charge on any atom is 0.310 e. The molecule has 0 aliphatic rings. The van der Waals surface area contributed by atoms with Crippen LogP contribution in [0.4, 0.5) is 8.78 Å². The number of halogens is 3. The van der Waals surface area contributed by atoms with E-state index in [-0.39, 0.29) is 22.9 Å². The minimum Gasteiger partial charge on any atom is -0.494 e. The summed E-state index contributed by atoms with van der Waals surface area (Å²) in [7, 11) is 2.50. The van der Waals surface area contributed by atoms with Gasteiger partial charge in [0.1, 0.15) is 5.69 Å². The van der Waals surface area contributed by atoms with E-state index in [9.17, 15) is 13.6 Å². The zero-order valence-corrected chi connectivity index (χ0v) is 9.92. The van der Waals surface area contributed by atoms with E-state index in [2.05, 4.69) is 9.72 Å². The number of ether oxygens (including phenoxy) is 2. The standard InChI is InChI=1S/C10H10ClF2NO3/c1-16-6-3-5(4-7(15)17-2)8(10(12)13)14-9(6)11/h3,10H,4H2,1-2H3. The van der Waals surface area contributed by atoms with Gasteiger partial charge in [-0.15, -0.1) is 0 Å². The lowest BCUT2D eigenvalue weighted by molar-refractivity contribution is -0.139. The molecule has 0 aliphatic heterocycles. The Bertz CT molecular complexity index is 426. The molecule has 1 aromatic heterocycles. The SMILES string of the molecule is COC(=O)Cc1cc(OC)c(Cl)nc1C(F)F. The first-order chi connectivity index (χ1) is 7.99. The van der Waals surface area contributed by atoms with Crippen LogP contribution in [0, 0.1) is 0 Å². The van der Waals surface area contributed by atoms with Crippen LogP contribution in [0.1, 0.15) is 17.7 Å². The van der Waals surface area contributed by atoms with Gasteiger partial charge in [-0.25, -0.2) is 13.8 Å². The number of carbonyl (C=O) groups is 1. The molecule has 0 fully saturated rings. The van der Waals surface area contributed by atoms with Crippen LogP contribution in [0.3, 0.4) is 0 Å². The predicted octanol–water partition coefficient (Wildman–Crippen LogP) is 2.40. The van der Waals surface area contributed by atoms with Crippen LogP contribution in [-0.4, -0.2) is 25.2 Å². The Labute approximate surface area is 101 Å². The zero-order chi connectivity index (χ0) is 13.0. The van der Waals surface area contributed by atoms with E-state index >= 15 is 0 Å². The first-order valence-electron chi connectivity index (χ1n) is 4.57. The van der Waals surface area contributed by atoms with Crippen molar-refractivity contribution in [3.05, 3.63) is 22.5 Å². The van der Waals surface area contributed by atoms with E-state index in [1.165, 1.54) is 20.3 Å². The van der Waals surface area contributed by atoms with Gasteiger partial charge in [0.15, 0.2) is 10.9 Å². The van der Waals surface area contributed by atoms with Gasteiger partial charge in [0.05, 0.1) is 20.6 Å². The fourth-order valence-corrected chi connectivity index (χ4v) is 1.45. The monoisotopic (exact) mass is 265 g/mol. The topological polar surface area (TPSA) is 48.4 Å². The van der Waals surface area contributed by atoms with Gasteiger partial charge in [-0.3, -0.25) is 4.79 Å². The summed E-state index contributed by atoms with van der Waals surface area (Å²) in [6.07, 6.45) is -3.13. The van der Waals surface area contributed by atoms with Gasteiger partial charge >= 0.3 is 5.97 Å². The van der Waals surface area contributed by atoms with E-state index in [0.29, 0.717) is 0 Å². The average molecular weight is 266 g/mol. The van der Waals surface area contributed by atoms with Gasteiger partial charge in [-0.2, -0.15) is 0 Å². The highest BCUT2D eigenvalue weighted by molar-refractivity contribution is 6.30. The number of rotatable bonds is 4. The lowest BCUT2D eigenvalue weighted by Crippen LogP contribution is -2.09. The fraction of sp³-hybridized carbons (Fsp3) is 0.400. The number of hydrogen-bond acceptors (Lipinski definition) is 4. The summed E-state index contributed by atoms with van der Waals surface area (Å²) in [6, 6.07) is 1.26. The first-order valence-corrected chi connectivity index (χ1v) is 4.95. The highest BCUT2D eigenvalue weighted by Gasteiger charge is 2.20. The maximum absolute atomic E-state index is 12.7. The molecule has 0 saturated carbocycles. The number of methoxy groups -OCH3 is 2. The molecule has 1 rings (SSSR count). The summed E-state index contributed by atoms with van der Waals surface area (Å²) in [4.78, 5) is 14.6. The Morgan fingerprint density at radius 3 is 2.65 bits per heavy atom. The van der Waals surface area contributed by atoms with Crippen molar-refractivity contribution in [3.63, 3.8) is 0 Å². The Kier molecular flexibility index (Phi) is 4.62. The Hall–Kier alpha value is -1.43. The summed E-state index contributed by atoms with van der Waals surface area (Å²) < 4.78 is 34.6. The lowest BCUT2D eigenvalue weighted by Gasteiger charge is -2.10. The van der Waals surface area contributed by atoms with Gasteiger partial charge in [-0.1, -0.05) is 11.6 Å². The molecule has 4 nitrogen and oxygen atoms in total. The predicted molar refractivity (Wildman–Crippen MR) is 56.5 cm³/mol. The summed E-state index contributed by atoms with van der Waals surface area (Å²) >= 11 is 5.63. The molecule has 0 amide bonds. The molecule has 7 heteroatoms. The quantitative estimate of drug-likeness (QED) is 0.620. The molecule has 0 unspecified atom stereocenters. The van der Waals surface area contributed by atoms with E-state index < -0.39 is 18.1 Å². The van der Waals surface area contributed by atoms with E-state index in [0.717, 1.165) is 0 Å². The third kappa shape index (κ3) is 3.26. The number of esters is 1. The van der Waals surface area contributed by atoms with Crippen molar-refractivity contribution in [2.24, 2.45) is 0 Å². The van der Waals surface area contributed by atoms with Crippen molar-refractivity contribution >= 4 is 17.6 Å². The van der Waals surface area contributed by atoms with Crippen molar-refractivity contribution in [2.45, 2.75) is 12.8 Å². The van der Waals surface area contributed by atoms with Gasteiger partial charge in [0.2, 0.25) is 0 Å². The number of alkyl halides is 2. The second-order valence-electron chi connectivity index (χ2n) is 3.08. The number of aromatic nitrogens is 1. The summed E-state index contributed by atoms with van der Waals surface area (Å²) in [6.45, 7) is 0. The summed E-state index contributed by atoms with van der Waals surface area (Å²) in [5, 5.41) is -0.170. The Balaban J connectivity index is 3.19. The Morgan fingerprint density at radius 1 is 1.53 bits per heavy atom. The molecular formula is C10H10ClF2NO3. The van der Waals surface area contributed by atoms with Crippen molar-refractivity contribution < 1.29 is 23.0 Å². The summed E-state index contributed by atoms with van der Waals surface area (Å²) in [5.41, 5.74) is -0.505. The molecule has 0 bridgehead atoms. The van der Waals surface area contributed by atoms with Crippen LogP contribution in [-0.2, 0) is 16.0 Å². The van der Waals surface area contributed by atoms with Gasteiger partial charge in [0.25, 0.3) is 6.43 Å². The van der Waals surface area contributed by atoms with Crippen LogP contribution in [0.2, 0.25) is 5.15 Å². The number of carbonyl (C=O) groups excluding carboxylic acids is 1. The number of pyridine rings is 1. The largest absolute Gasteiger partial charge is 0.494 e. The molecule has 0 aliphatic carbocycles. The third-order valence-corrected chi connectivity index (χ3v) is 2.32. The second-order valence-corrected chi connectivity index (χ2v) is 3.44. The molecule has 0 spiro atoms. The smallest absolute Gasteiger partial charge is 0.310 e. The molecule has 17 heavy (non-hydrogen) atoms. The highest BCUT2D eigenvalue weighted by Crippen LogP contribution is 2.30. The molecule has 0 radical (unpaired) electrons. The molecule has 0 N–H and O–H groups in total.